The Morgan fingerprint density at radius 3 is 2.12 bits per heavy atom. The third-order valence-corrected chi connectivity index (χ3v) is 4.82. The van der Waals surface area contributed by atoms with Crippen LogP contribution in [0, 0.1) is 23.2 Å². The molecule has 0 aromatic heterocycles. The summed E-state index contributed by atoms with van der Waals surface area (Å²) >= 11 is 0. The molecule has 2 aliphatic rings. The van der Waals surface area contributed by atoms with E-state index in [2.05, 4.69) is 20.8 Å². The van der Waals surface area contributed by atoms with E-state index in [1.165, 1.54) is 25.7 Å². The molecule has 2 aliphatic carbocycles. The number of hydrogen-bond donors (Lipinski definition) is 0. The van der Waals surface area contributed by atoms with E-state index in [0.717, 1.165) is 23.2 Å². The van der Waals surface area contributed by atoms with Gasteiger partial charge in [0, 0.05) is 0 Å². The summed E-state index contributed by atoms with van der Waals surface area (Å²) in [6.07, 6.45) is 13.6. The first-order valence-electron chi connectivity index (χ1n) is 7.62. The Labute approximate surface area is 102 Å². The van der Waals surface area contributed by atoms with Crippen molar-refractivity contribution in [1.82, 2.24) is 0 Å². The fraction of sp³-hybridized carbons (Fsp3) is 1.00. The zero-order valence-corrected chi connectivity index (χ0v) is 11.6. The Balaban J connectivity index is 1.56. The summed E-state index contributed by atoms with van der Waals surface area (Å²) in [5.74, 6) is 3.05. The smallest absolute Gasteiger partial charge is 0.0266 e. The van der Waals surface area contributed by atoms with Crippen LogP contribution in [-0.2, 0) is 0 Å². The molecule has 0 N–H and O–H groups in total. The Kier molecular flexibility index (Phi) is 3.97. The first-order chi connectivity index (χ1) is 7.62. The summed E-state index contributed by atoms with van der Waals surface area (Å²) in [4.78, 5) is 0. The molecule has 2 rings (SSSR count). The molecule has 0 radical (unpaired) electrons. The molecule has 0 saturated heterocycles. The Bertz CT molecular complexity index is 208. The second kappa shape index (κ2) is 5.10. The maximum Gasteiger partial charge on any atom is -0.0266 e. The molecule has 16 heavy (non-hydrogen) atoms. The van der Waals surface area contributed by atoms with Gasteiger partial charge in [-0.2, -0.15) is 0 Å². The molecule has 0 heterocycles. The molecule has 0 bridgehead atoms. The van der Waals surface area contributed by atoms with Crippen LogP contribution in [0.5, 0.6) is 0 Å². The normalized spacial score (nSPS) is 24.8. The molecule has 0 heteroatoms. The number of hydrogen-bond acceptors (Lipinski definition) is 0. The minimum absolute atomic E-state index is 0.872. The molecule has 2 fully saturated rings. The molecule has 0 nitrogen and oxygen atoms in total. The van der Waals surface area contributed by atoms with E-state index in [1.807, 2.05) is 0 Å². The quantitative estimate of drug-likeness (QED) is 0.481. The predicted molar refractivity (Wildman–Crippen MR) is 71.5 cm³/mol. The summed E-state index contributed by atoms with van der Waals surface area (Å²) in [5.41, 5.74) is 0.872. The molecule has 0 spiro atoms. The van der Waals surface area contributed by atoms with Crippen molar-refractivity contribution in [3.8, 4) is 0 Å². The molecule has 2 saturated carbocycles. The Morgan fingerprint density at radius 1 is 1.00 bits per heavy atom. The zero-order chi connectivity index (χ0) is 11.6. The minimum atomic E-state index is 0.872. The van der Waals surface area contributed by atoms with Gasteiger partial charge < -0.3 is 0 Å². The summed E-state index contributed by atoms with van der Waals surface area (Å²) in [5, 5.41) is 0. The van der Waals surface area contributed by atoms with Gasteiger partial charge >= 0.3 is 0 Å². The van der Waals surface area contributed by atoms with Gasteiger partial charge in [0.25, 0.3) is 0 Å². The third-order valence-electron chi connectivity index (χ3n) is 4.82. The first-order valence-corrected chi connectivity index (χ1v) is 7.62. The van der Waals surface area contributed by atoms with Gasteiger partial charge in [0.2, 0.25) is 0 Å². The van der Waals surface area contributed by atoms with Gasteiger partial charge in [0.15, 0.2) is 0 Å². The van der Waals surface area contributed by atoms with Gasteiger partial charge in [0.05, 0.1) is 0 Å². The molecular weight excluding hydrogens is 192 g/mol. The standard InChI is InChI=1S/C16H30/c1-13(2)6-4-5-7-14(3)12-16(10-11-16)15-8-9-15/h13-15H,4-12H2,1-3H3. The van der Waals surface area contributed by atoms with Crippen LogP contribution in [0.25, 0.3) is 0 Å². The topological polar surface area (TPSA) is 0 Å². The van der Waals surface area contributed by atoms with E-state index in [-0.39, 0.29) is 0 Å². The molecule has 0 amide bonds. The molecular formula is C16H30. The monoisotopic (exact) mass is 222 g/mol. The van der Waals surface area contributed by atoms with Gasteiger partial charge in [-0.25, -0.2) is 0 Å². The van der Waals surface area contributed by atoms with E-state index in [1.54, 1.807) is 32.1 Å². The van der Waals surface area contributed by atoms with Crippen LogP contribution in [0.15, 0.2) is 0 Å². The second-order valence-electron chi connectivity index (χ2n) is 7.12. The van der Waals surface area contributed by atoms with Gasteiger partial charge in [0.1, 0.15) is 0 Å². The van der Waals surface area contributed by atoms with Crippen molar-refractivity contribution in [3.05, 3.63) is 0 Å². The van der Waals surface area contributed by atoms with Gasteiger partial charge in [-0.15, -0.1) is 0 Å². The fourth-order valence-electron chi connectivity index (χ4n) is 3.48. The lowest BCUT2D eigenvalue weighted by molar-refractivity contribution is 0.311. The highest BCUT2D eigenvalue weighted by Gasteiger charge is 2.53. The summed E-state index contributed by atoms with van der Waals surface area (Å²) in [6, 6.07) is 0. The SMILES string of the molecule is CC(C)CCCCC(C)CC1(C2CC2)CC1. The highest BCUT2D eigenvalue weighted by Crippen LogP contribution is 2.64. The Hall–Kier alpha value is 0. The number of rotatable bonds is 8. The van der Waals surface area contributed by atoms with Crippen LogP contribution < -0.4 is 0 Å². The number of unbranched alkanes of at least 4 members (excludes halogenated alkanes) is 1. The van der Waals surface area contributed by atoms with Crippen molar-refractivity contribution in [2.45, 2.75) is 78.6 Å². The second-order valence-corrected chi connectivity index (χ2v) is 7.12. The molecule has 1 atom stereocenters. The molecule has 94 valence electrons. The van der Waals surface area contributed by atoms with Crippen molar-refractivity contribution in [1.29, 1.82) is 0 Å². The summed E-state index contributed by atoms with van der Waals surface area (Å²) in [6.45, 7) is 7.18. The summed E-state index contributed by atoms with van der Waals surface area (Å²) < 4.78 is 0. The average Bonchev–Trinajstić information content (AvgIpc) is 3.02. The maximum atomic E-state index is 2.50. The van der Waals surface area contributed by atoms with E-state index in [4.69, 9.17) is 0 Å². The molecule has 0 aromatic rings. The van der Waals surface area contributed by atoms with Gasteiger partial charge in [-0.05, 0) is 55.3 Å². The predicted octanol–water partition coefficient (Wildman–Crippen LogP) is 5.42. The molecule has 1 unspecified atom stereocenters. The highest BCUT2D eigenvalue weighted by molar-refractivity contribution is 5.04. The molecule has 0 aliphatic heterocycles. The van der Waals surface area contributed by atoms with Gasteiger partial charge in [-0.1, -0.05) is 46.5 Å². The molecule has 0 aromatic carbocycles. The van der Waals surface area contributed by atoms with Crippen LogP contribution in [0.2, 0.25) is 0 Å². The average molecular weight is 222 g/mol. The highest BCUT2D eigenvalue weighted by atomic mass is 14.6. The van der Waals surface area contributed by atoms with Crippen molar-refractivity contribution in [3.63, 3.8) is 0 Å². The van der Waals surface area contributed by atoms with Crippen molar-refractivity contribution in [2.24, 2.45) is 23.2 Å². The summed E-state index contributed by atoms with van der Waals surface area (Å²) in [7, 11) is 0. The lowest BCUT2D eigenvalue weighted by atomic mass is 9.86. The van der Waals surface area contributed by atoms with E-state index in [0.29, 0.717) is 0 Å². The van der Waals surface area contributed by atoms with Crippen molar-refractivity contribution in [2.75, 3.05) is 0 Å². The first kappa shape index (κ1) is 12.5. The minimum Gasteiger partial charge on any atom is -0.0628 e. The van der Waals surface area contributed by atoms with Crippen molar-refractivity contribution >= 4 is 0 Å². The van der Waals surface area contributed by atoms with Crippen LogP contribution in [-0.4, -0.2) is 0 Å². The third kappa shape index (κ3) is 3.50. The maximum absolute atomic E-state index is 2.50. The fourth-order valence-corrected chi connectivity index (χ4v) is 3.48. The van der Waals surface area contributed by atoms with Crippen LogP contribution in [0.4, 0.5) is 0 Å². The van der Waals surface area contributed by atoms with Crippen LogP contribution in [0.3, 0.4) is 0 Å². The van der Waals surface area contributed by atoms with E-state index < -0.39 is 0 Å². The lowest BCUT2D eigenvalue weighted by Gasteiger charge is -2.19. The van der Waals surface area contributed by atoms with Crippen LogP contribution >= 0.6 is 0 Å². The van der Waals surface area contributed by atoms with Crippen LogP contribution in [0.1, 0.15) is 78.6 Å². The Morgan fingerprint density at radius 2 is 1.62 bits per heavy atom. The van der Waals surface area contributed by atoms with Gasteiger partial charge in [-0.3, -0.25) is 0 Å². The lowest BCUT2D eigenvalue weighted by Crippen LogP contribution is -2.09. The largest absolute Gasteiger partial charge is 0.0628 e. The van der Waals surface area contributed by atoms with E-state index in [9.17, 15) is 0 Å². The zero-order valence-electron chi connectivity index (χ0n) is 11.6. The van der Waals surface area contributed by atoms with E-state index >= 15 is 0 Å². The van der Waals surface area contributed by atoms with Crippen molar-refractivity contribution < 1.29 is 0 Å².